The molecule has 1 heterocycles. The maximum atomic E-state index is 13.1. The van der Waals surface area contributed by atoms with E-state index in [0.717, 1.165) is 4.90 Å². The quantitative estimate of drug-likeness (QED) is 0.830. The van der Waals surface area contributed by atoms with Crippen LogP contribution < -0.4 is 0 Å². The fourth-order valence-electron chi connectivity index (χ4n) is 2.54. The molecule has 2 aromatic carbocycles. The summed E-state index contributed by atoms with van der Waals surface area (Å²) < 4.78 is 18.4. The van der Waals surface area contributed by atoms with Crippen LogP contribution in [0.5, 0.6) is 0 Å². The lowest BCUT2D eigenvalue weighted by molar-refractivity contribution is 0.0792. The molecular weight excluding hydrogens is 309 g/mol. The van der Waals surface area contributed by atoms with Gasteiger partial charge < -0.3 is 4.74 Å². The van der Waals surface area contributed by atoms with Crippen LogP contribution in [0, 0.1) is 5.82 Å². The van der Waals surface area contributed by atoms with Crippen LogP contribution in [-0.2, 0) is 4.74 Å². The molecule has 1 fully saturated rings. The molecule has 0 spiro atoms. The van der Waals surface area contributed by atoms with Gasteiger partial charge in [0.15, 0.2) is 0 Å². The van der Waals surface area contributed by atoms with Crippen molar-refractivity contribution in [1.82, 2.24) is 4.90 Å². The largest absolute Gasteiger partial charge is 0.436 e. The van der Waals surface area contributed by atoms with Crippen LogP contribution in [0.1, 0.15) is 29.8 Å². The minimum atomic E-state index is -0.962. The van der Waals surface area contributed by atoms with Crippen LogP contribution >= 0.6 is 0 Å². The molecule has 0 bridgehead atoms. The molecule has 5 heteroatoms. The summed E-state index contributed by atoms with van der Waals surface area (Å²) in [5.41, 5.74) is 0.504. The number of nitrogens with zero attached hydrogens (tertiary/aromatic N) is 1. The fraction of sp³-hybridized carbons (Fsp3) is 0.158. The van der Waals surface area contributed by atoms with E-state index in [4.69, 9.17) is 4.74 Å². The monoisotopic (exact) mass is 325 g/mol. The van der Waals surface area contributed by atoms with E-state index in [1.54, 1.807) is 62.4 Å². The van der Waals surface area contributed by atoms with Crippen LogP contribution in [0.3, 0.4) is 0 Å². The van der Waals surface area contributed by atoms with E-state index in [9.17, 15) is 14.0 Å². The Bertz CT molecular complexity index is 810. The van der Waals surface area contributed by atoms with Crippen LogP contribution in [0.15, 0.2) is 60.3 Å². The maximum absolute atomic E-state index is 13.1. The average molecular weight is 325 g/mol. The van der Waals surface area contributed by atoms with Crippen molar-refractivity contribution in [2.45, 2.75) is 19.4 Å². The normalized spacial score (nSPS) is 17.9. The number of imide groups is 1. The number of amides is 2. The van der Waals surface area contributed by atoms with Crippen LogP contribution in [0.2, 0.25) is 0 Å². The van der Waals surface area contributed by atoms with Crippen LogP contribution in [0.25, 0.3) is 6.08 Å². The molecule has 0 unspecified atom stereocenters. The van der Waals surface area contributed by atoms with Crippen LogP contribution in [-0.4, -0.2) is 22.5 Å². The van der Waals surface area contributed by atoms with Gasteiger partial charge in [0.2, 0.25) is 0 Å². The Morgan fingerprint density at radius 3 is 2.33 bits per heavy atom. The van der Waals surface area contributed by atoms with Gasteiger partial charge in [-0.05, 0) is 49.8 Å². The third-order valence-corrected chi connectivity index (χ3v) is 3.78. The van der Waals surface area contributed by atoms with Crippen molar-refractivity contribution in [2.75, 3.05) is 0 Å². The molecule has 1 aliphatic heterocycles. The topological polar surface area (TPSA) is 46.6 Å². The molecule has 2 aromatic rings. The van der Waals surface area contributed by atoms with E-state index in [1.165, 1.54) is 12.1 Å². The van der Waals surface area contributed by atoms with Gasteiger partial charge in [-0.25, -0.2) is 14.1 Å². The Labute approximate surface area is 139 Å². The van der Waals surface area contributed by atoms with Crippen molar-refractivity contribution < 1.29 is 18.7 Å². The van der Waals surface area contributed by atoms with Gasteiger partial charge in [-0.15, -0.1) is 0 Å². The minimum absolute atomic E-state index is 0.354. The van der Waals surface area contributed by atoms with E-state index >= 15 is 0 Å². The predicted molar refractivity (Wildman–Crippen MR) is 87.5 cm³/mol. The van der Waals surface area contributed by atoms with Gasteiger partial charge in [-0.3, -0.25) is 4.79 Å². The highest BCUT2D eigenvalue weighted by Crippen LogP contribution is 2.35. The predicted octanol–water partition coefficient (Wildman–Crippen LogP) is 4.24. The molecule has 122 valence electrons. The third-order valence-electron chi connectivity index (χ3n) is 3.78. The molecule has 0 radical (unpaired) electrons. The summed E-state index contributed by atoms with van der Waals surface area (Å²) in [5, 5.41) is 0. The van der Waals surface area contributed by atoms with Crippen molar-refractivity contribution in [1.29, 1.82) is 0 Å². The minimum Gasteiger partial charge on any atom is -0.436 e. The van der Waals surface area contributed by atoms with Crippen LogP contribution in [0.4, 0.5) is 9.18 Å². The van der Waals surface area contributed by atoms with Gasteiger partial charge in [0.25, 0.3) is 5.91 Å². The van der Waals surface area contributed by atoms with Gasteiger partial charge in [-0.2, -0.15) is 0 Å². The molecule has 1 saturated heterocycles. The molecule has 24 heavy (non-hydrogen) atoms. The molecule has 4 nitrogen and oxygen atoms in total. The second-order valence-electron chi connectivity index (χ2n) is 5.97. The van der Waals surface area contributed by atoms with Gasteiger partial charge in [-0.1, -0.05) is 30.3 Å². The van der Waals surface area contributed by atoms with Gasteiger partial charge >= 0.3 is 6.09 Å². The number of carbonyl (C=O) groups excluding carboxylic acids is 2. The second kappa shape index (κ2) is 5.92. The molecule has 3 rings (SSSR count). The number of ether oxygens (including phenoxy) is 1. The first kappa shape index (κ1) is 15.9. The summed E-state index contributed by atoms with van der Waals surface area (Å²) in [6, 6.07) is 14.3. The first-order valence-corrected chi connectivity index (χ1v) is 7.49. The van der Waals surface area contributed by atoms with Crippen molar-refractivity contribution in [3.05, 3.63) is 77.2 Å². The molecular formula is C19H16FNO3. The Morgan fingerprint density at radius 1 is 1.08 bits per heavy atom. The number of halogens is 1. The number of hydrogen-bond donors (Lipinski definition) is 0. The lowest BCUT2D eigenvalue weighted by Gasteiger charge is -2.20. The van der Waals surface area contributed by atoms with E-state index in [1.807, 2.05) is 0 Å². The van der Waals surface area contributed by atoms with E-state index in [-0.39, 0.29) is 5.82 Å². The number of benzene rings is 2. The van der Waals surface area contributed by atoms with E-state index < -0.39 is 17.6 Å². The number of rotatable bonds is 2. The summed E-state index contributed by atoms with van der Waals surface area (Å²) in [4.78, 5) is 26.0. The van der Waals surface area contributed by atoms with Crippen molar-refractivity contribution >= 4 is 18.1 Å². The summed E-state index contributed by atoms with van der Waals surface area (Å²) in [6.07, 6.45) is 0.938. The lowest BCUT2D eigenvalue weighted by atomic mass is 10.0. The van der Waals surface area contributed by atoms with Gasteiger partial charge in [0.1, 0.15) is 11.4 Å². The summed E-state index contributed by atoms with van der Waals surface area (Å²) in [7, 11) is 0. The maximum Gasteiger partial charge on any atom is 0.422 e. The summed E-state index contributed by atoms with van der Waals surface area (Å²) >= 11 is 0. The molecule has 1 aliphatic rings. The number of carbonyl (C=O) groups is 2. The number of cyclic esters (lactones) is 1. The first-order valence-electron chi connectivity index (χ1n) is 7.49. The Morgan fingerprint density at radius 2 is 1.71 bits per heavy atom. The van der Waals surface area contributed by atoms with Gasteiger partial charge in [0.05, 0.1) is 5.70 Å². The fourth-order valence-corrected chi connectivity index (χ4v) is 2.54. The third kappa shape index (κ3) is 2.93. The summed E-state index contributed by atoms with van der Waals surface area (Å²) in [6.45, 7) is 3.41. The lowest BCUT2D eigenvalue weighted by Crippen LogP contribution is -2.32. The molecule has 0 aliphatic carbocycles. The Hall–Kier alpha value is -2.95. The Balaban J connectivity index is 2.04. The molecule has 0 saturated carbocycles. The smallest absolute Gasteiger partial charge is 0.422 e. The highest BCUT2D eigenvalue weighted by atomic mass is 19.1. The van der Waals surface area contributed by atoms with Gasteiger partial charge in [0, 0.05) is 5.56 Å². The Kier molecular flexibility index (Phi) is 3.93. The molecule has 0 aromatic heterocycles. The SMILES string of the molecule is CC1(C)OC(=O)N(C(=O)c2ccccc2)/C1=C\c1ccc(F)cc1. The first-order chi connectivity index (χ1) is 11.4. The zero-order valence-corrected chi connectivity index (χ0v) is 13.3. The number of hydrogen-bond acceptors (Lipinski definition) is 3. The van der Waals surface area contributed by atoms with Crippen molar-refractivity contribution in [3.8, 4) is 0 Å². The van der Waals surface area contributed by atoms with Crippen molar-refractivity contribution in [3.63, 3.8) is 0 Å². The second-order valence-corrected chi connectivity index (χ2v) is 5.97. The highest BCUT2D eigenvalue weighted by Gasteiger charge is 2.46. The molecule has 0 atom stereocenters. The zero-order valence-electron chi connectivity index (χ0n) is 13.3. The van der Waals surface area contributed by atoms with Crippen molar-refractivity contribution in [2.24, 2.45) is 0 Å². The molecule has 0 N–H and O–H groups in total. The standard InChI is InChI=1S/C19H16FNO3/c1-19(2)16(12-13-8-10-15(20)11-9-13)21(18(23)24-19)17(22)14-6-4-3-5-7-14/h3-12H,1-2H3/b16-12-. The zero-order chi connectivity index (χ0) is 17.3. The average Bonchev–Trinajstić information content (AvgIpc) is 2.78. The summed E-state index contributed by atoms with van der Waals surface area (Å²) in [5.74, 6) is -0.813. The van der Waals surface area contributed by atoms with E-state index in [0.29, 0.717) is 16.8 Å². The highest BCUT2D eigenvalue weighted by molar-refractivity contribution is 6.06. The molecule has 2 amide bonds. The van der Waals surface area contributed by atoms with E-state index in [2.05, 4.69) is 0 Å².